The van der Waals surface area contributed by atoms with Gasteiger partial charge in [-0.3, -0.25) is 0 Å². The average Bonchev–Trinajstić information content (AvgIpc) is 2.66. The van der Waals surface area contributed by atoms with Gasteiger partial charge in [-0.05, 0) is 48.6 Å². The molecule has 2 atom stereocenters. The Labute approximate surface area is 168 Å². The highest BCUT2D eigenvalue weighted by molar-refractivity contribution is 6.30. The van der Waals surface area contributed by atoms with Gasteiger partial charge in [0, 0.05) is 30.8 Å². The number of fused-ring (bicyclic) bond motifs is 1. The number of rotatable bonds is 5. The minimum Gasteiger partial charge on any atom is -0.396 e. The molecule has 0 bridgehead atoms. The van der Waals surface area contributed by atoms with Crippen LogP contribution in [0, 0.1) is 11.7 Å². The Balaban J connectivity index is 1.67. The Morgan fingerprint density at radius 2 is 2.18 bits per heavy atom. The predicted molar refractivity (Wildman–Crippen MR) is 104 cm³/mol. The van der Waals surface area contributed by atoms with Crippen LogP contribution in [0.3, 0.4) is 0 Å². The topological polar surface area (TPSA) is 78.4 Å². The minimum atomic E-state index is -0.433. The van der Waals surface area contributed by atoms with Gasteiger partial charge < -0.3 is 15.3 Å². The van der Waals surface area contributed by atoms with E-state index in [1.54, 1.807) is 17.9 Å². The second kappa shape index (κ2) is 8.84. The first kappa shape index (κ1) is 20.5. The third kappa shape index (κ3) is 4.97. The van der Waals surface area contributed by atoms with Gasteiger partial charge in [-0.25, -0.2) is 19.2 Å². The number of urea groups is 1. The summed E-state index contributed by atoms with van der Waals surface area (Å²) in [7, 11) is 0. The Bertz CT molecular complexity index is 844. The molecule has 150 valence electrons. The summed E-state index contributed by atoms with van der Waals surface area (Å²) in [6.07, 6.45) is 3.08. The number of benzene rings is 1. The molecule has 0 spiro atoms. The molecule has 3 rings (SSSR count). The lowest BCUT2D eigenvalue weighted by Crippen LogP contribution is -2.44. The summed E-state index contributed by atoms with van der Waals surface area (Å²) in [5, 5.41) is 12.4. The first-order chi connectivity index (χ1) is 13.4. The molecule has 2 amide bonds. The summed E-state index contributed by atoms with van der Waals surface area (Å²) < 4.78 is 13.6. The molecule has 0 saturated heterocycles. The standard InChI is InChI=1S/C20H24ClFN4O2/c1-12(11-27)5-19-23-9-14-3-4-26(10-18(14)25-19)20(28)24-13(2)15-6-16(21)8-17(22)7-15/h6-9,12-13,27H,3-5,10-11H2,1-2H3,(H,24,28)/t12-,13-/m1/s1. The third-order valence-electron chi connectivity index (χ3n) is 4.85. The molecule has 6 nitrogen and oxygen atoms in total. The Morgan fingerprint density at radius 1 is 1.39 bits per heavy atom. The Hall–Kier alpha value is -2.25. The molecular weight excluding hydrogens is 383 g/mol. The molecule has 0 saturated carbocycles. The summed E-state index contributed by atoms with van der Waals surface area (Å²) in [4.78, 5) is 23.3. The van der Waals surface area contributed by atoms with Crippen molar-refractivity contribution in [3.05, 3.63) is 57.9 Å². The van der Waals surface area contributed by atoms with Crippen molar-refractivity contribution in [1.29, 1.82) is 0 Å². The minimum absolute atomic E-state index is 0.0803. The summed E-state index contributed by atoms with van der Waals surface area (Å²) >= 11 is 5.90. The number of halogens is 2. The van der Waals surface area contributed by atoms with Gasteiger partial charge in [-0.2, -0.15) is 0 Å². The van der Waals surface area contributed by atoms with E-state index in [0.29, 0.717) is 42.3 Å². The molecule has 1 aliphatic rings. The van der Waals surface area contributed by atoms with Gasteiger partial charge >= 0.3 is 6.03 Å². The van der Waals surface area contributed by atoms with E-state index in [1.165, 1.54) is 12.1 Å². The number of amides is 2. The van der Waals surface area contributed by atoms with Crippen molar-refractivity contribution in [1.82, 2.24) is 20.2 Å². The largest absolute Gasteiger partial charge is 0.396 e. The number of aliphatic hydroxyl groups is 1. The first-order valence-electron chi connectivity index (χ1n) is 9.31. The van der Waals surface area contributed by atoms with E-state index in [-0.39, 0.29) is 24.6 Å². The summed E-state index contributed by atoms with van der Waals surface area (Å²) in [6.45, 7) is 4.75. The molecule has 0 radical (unpaired) electrons. The maximum absolute atomic E-state index is 13.6. The molecule has 1 aliphatic heterocycles. The maximum Gasteiger partial charge on any atom is 0.318 e. The van der Waals surface area contributed by atoms with Crippen LogP contribution in [-0.2, 0) is 19.4 Å². The van der Waals surface area contributed by atoms with E-state index in [2.05, 4.69) is 15.3 Å². The third-order valence-corrected chi connectivity index (χ3v) is 5.07. The number of hydrogen-bond acceptors (Lipinski definition) is 4. The number of hydrogen-bond donors (Lipinski definition) is 2. The van der Waals surface area contributed by atoms with Gasteiger partial charge in [-0.1, -0.05) is 18.5 Å². The van der Waals surface area contributed by atoms with Crippen molar-refractivity contribution in [2.45, 2.75) is 39.3 Å². The van der Waals surface area contributed by atoms with Gasteiger partial charge in [0.1, 0.15) is 11.6 Å². The van der Waals surface area contributed by atoms with Crippen molar-refractivity contribution in [2.75, 3.05) is 13.2 Å². The van der Waals surface area contributed by atoms with E-state index in [4.69, 9.17) is 11.6 Å². The lowest BCUT2D eigenvalue weighted by Gasteiger charge is -2.29. The van der Waals surface area contributed by atoms with Gasteiger partial charge in [-0.15, -0.1) is 0 Å². The van der Waals surface area contributed by atoms with Crippen LogP contribution in [0.4, 0.5) is 9.18 Å². The van der Waals surface area contributed by atoms with E-state index in [0.717, 1.165) is 11.3 Å². The van der Waals surface area contributed by atoms with Crippen LogP contribution >= 0.6 is 11.6 Å². The van der Waals surface area contributed by atoms with Crippen LogP contribution in [-0.4, -0.2) is 39.2 Å². The fraction of sp³-hybridized carbons (Fsp3) is 0.450. The van der Waals surface area contributed by atoms with Crippen molar-refractivity contribution in [3.8, 4) is 0 Å². The van der Waals surface area contributed by atoms with E-state index >= 15 is 0 Å². The molecule has 0 unspecified atom stereocenters. The van der Waals surface area contributed by atoms with Crippen LogP contribution in [0.1, 0.15) is 42.5 Å². The van der Waals surface area contributed by atoms with Crippen molar-refractivity contribution in [3.63, 3.8) is 0 Å². The highest BCUT2D eigenvalue weighted by atomic mass is 35.5. The summed E-state index contributed by atoms with van der Waals surface area (Å²) in [5.74, 6) is 0.321. The lowest BCUT2D eigenvalue weighted by atomic mass is 10.1. The van der Waals surface area contributed by atoms with E-state index in [1.807, 2.05) is 13.1 Å². The molecule has 8 heteroatoms. The second-order valence-electron chi connectivity index (χ2n) is 7.30. The zero-order valence-electron chi connectivity index (χ0n) is 16.0. The Morgan fingerprint density at radius 3 is 2.89 bits per heavy atom. The summed E-state index contributed by atoms with van der Waals surface area (Å²) in [5.41, 5.74) is 2.48. The number of nitrogens with zero attached hydrogens (tertiary/aromatic N) is 3. The van der Waals surface area contributed by atoms with Crippen LogP contribution < -0.4 is 5.32 Å². The quantitative estimate of drug-likeness (QED) is 0.798. The lowest BCUT2D eigenvalue weighted by molar-refractivity contribution is 0.188. The molecule has 0 fully saturated rings. The zero-order chi connectivity index (χ0) is 20.3. The smallest absolute Gasteiger partial charge is 0.318 e. The molecule has 2 heterocycles. The highest BCUT2D eigenvalue weighted by Gasteiger charge is 2.24. The fourth-order valence-corrected chi connectivity index (χ4v) is 3.41. The molecule has 1 aromatic carbocycles. The zero-order valence-corrected chi connectivity index (χ0v) is 16.7. The number of nitrogens with one attached hydrogen (secondary N) is 1. The highest BCUT2D eigenvalue weighted by Crippen LogP contribution is 2.21. The van der Waals surface area contributed by atoms with E-state index in [9.17, 15) is 14.3 Å². The van der Waals surface area contributed by atoms with Crippen molar-refractivity contribution in [2.24, 2.45) is 5.92 Å². The SMILES string of the molecule is C[C@@H](CO)Cc1ncc2c(n1)CN(C(=O)N[C@H](C)c1cc(F)cc(Cl)c1)CC2. The predicted octanol–water partition coefficient (Wildman–Crippen LogP) is 3.27. The van der Waals surface area contributed by atoms with Gasteiger partial charge in [0.15, 0.2) is 0 Å². The van der Waals surface area contributed by atoms with Crippen LogP contribution in [0.5, 0.6) is 0 Å². The maximum atomic E-state index is 13.6. The van der Waals surface area contributed by atoms with Crippen LogP contribution in [0.15, 0.2) is 24.4 Å². The molecule has 28 heavy (non-hydrogen) atoms. The number of carbonyl (C=O) groups is 1. The molecule has 0 aliphatic carbocycles. The normalized spacial score (nSPS) is 15.7. The Kier molecular flexibility index (Phi) is 6.46. The number of carbonyl (C=O) groups excluding carboxylic acids is 1. The second-order valence-corrected chi connectivity index (χ2v) is 7.73. The van der Waals surface area contributed by atoms with Gasteiger partial charge in [0.05, 0.1) is 18.3 Å². The van der Waals surface area contributed by atoms with Gasteiger partial charge in [0.2, 0.25) is 0 Å². The van der Waals surface area contributed by atoms with Crippen LogP contribution in [0.25, 0.3) is 0 Å². The summed E-state index contributed by atoms with van der Waals surface area (Å²) in [6, 6.07) is 3.62. The number of aromatic nitrogens is 2. The first-order valence-corrected chi connectivity index (χ1v) is 9.69. The van der Waals surface area contributed by atoms with Crippen LogP contribution in [0.2, 0.25) is 5.02 Å². The van der Waals surface area contributed by atoms with Crippen molar-refractivity contribution < 1.29 is 14.3 Å². The molecule has 2 aromatic rings. The number of aliphatic hydroxyl groups excluding tert-OH is 1. The van der Waals surface area contributed by atoms with Crippen molar-refractivity contribution >= 4 is 17.6 Å². The average molecular weight is 407 g/mol. The molecular formula is C20H24ClFN4O2. The van der Waals surface area contributed by atoms with Gasteiger partial charge in [0.25, 0.3) is 0 Å². The fourth-order valence-electron chi connectivity index (χ4n) is 3.18. The van der Waals surface area contributed by atoms with E-state index < -0.39 is 5.82 Å². The molecule has 1 aromatic heterocycles. The monoisotopic (exact) mass is 406 g/mol. The molecule has 2 N–H and O–H groups in total.